The summed E-state index contributed by atoms with van der Waals surface area (Å²) in [6.07, 6.45) is 0. The van der Waals surface area contributed by atoms with Gasteiger partial charge in [-0.1, -0.05) is 66.7 Å². The molecule has 0 aromatic heterocycles. The summed E-state index contributed by atoms with van der Waals surface area (Å²) in [5, 5.41) is 12.2. The average molecular weight is 362 g/mol. The third-order valence-corrected chi connectivity index (χ3v) is 6.03. The van der Waals surface area contributed by atoms with Crippen molar-refractivity contribution in [2.24, 2.45) is 0 Å². The number of benzene rings is 3. The molecule has 3 heteroatoms. The Kier molecular flexibility index (Phi) is 4.62. The van der Waals surface area contributed by atoms with Gasteiger partial charge in [0.05, 0.1) is 0 Å². The van der Waals surface area contributed by atoms with Crippen molar-refractivity contribution in [3.63, 3.8) is 0 Å². The highest BCUT2D eigenvalue weighted by Gasteiger charge is 2.39. The summed E-state index contributed by atoms with van der Waals surface area (Å²) in [6, 6.07) is 24.9. The predicted octanol–water partition coefficient (Wildman–Crippen LogP) is 4.64. The largest absolute Gasteiger partial charge is 0.376 e. The quantitative estimate of drug-likeness (QED) is 0.735. The molecular formula is C23H23NOS. The fourth-order valence-electron chi connectivity index (χ4n) is 3.76. The van der Waals surface area contributed by atoms with Gasteiger partial charge in [0.15, 0.2) is 0 Å². The molecule has 3 aromatic carbocycles. The maximum Gasteiger partial charge on any atom is 0.141 e. The van der Waals surface area contributed by atoms with Crippen molar-refractivity contribution in [1.82, 2.24) is 4.90 Å². The second-order valence-electron chi connectivity index (χ2n) is 7.09. The van der Waals surface area contributed by atoms with Crippen LogP contribution in [0.1, 0.15) is 27.8 Å². The van der Waals surface area contributed by atoms with Gasteiger partial charge in [0.2, 0.25) is 0 Å². The van der Waals surface area contributed by atoms with E-state index in [-0.39, 0.29) is 0 Å². The molecule has 3 aromatic rings. The van der Waals surface area contributed by atoms with Gasteiger partial charge in [-0.15, -0.1) is 11.8 Å². The van der Waals surface area contributed by atoms with Crippen LogP contribution in [0.5, 0.6) is 0 Å². The van der Waals surface area contributed by atoms with E-state index in [2.05, 4.69) is 67.5 Å². The van der Waals surface area contributed by atoms with Gasteiger partial charge in [-0.25, -0.2) is 0 Å². The zero-order valence-electron chi connectivity index (χ0n) is 15.1. The minimum absolute atomic E-state index is 0.849. The van der Waals surface area contributed by atoms with Gasteiger partial charge in [0.1, 0.15) is 5.60 Å². The van der Waals surface area contributed by atoms with Gasteiger partial charge < -0.3 is 10.0 Å². The molecule has 1 unspecified atom stereocenters. The minimum atomic E-state index is -1.14. The van der Waals surface area contributed by atoms with Crippen LogP contribution in [0.2, 0.25) is 0 Å². The monoisotopic (exact) mass is 361 g/mol. The fraction of sp³-hybridized carbons (Fsp3) is 0.217. The molecule has 1 aliphatic heterocycles. The number of nitrogens with zero attached hydrogens (tertiary/aromatic N) is 1. The van der Waals surface area contributed by atoms with Crippen molar-refractivity contribution in [2.75, 3.05) is 14.1 Å². The Bertz CT molecular complexity index is 887. The first-order chi connectivity index (χ1) is 12.6. The Morgan fingerprint density at radius 2 is 1.65 bits per heavy atom. The van der Waals surface area contributed by atoms with Gasteiger partial charge >= 0.3 is 0 Å². The zero-order chi connectivity index (χ0) is 18.1. The molecule has 0 fully saturated rings. The van der Waals surface area contributed by atoms with Crippen molar-refractivity contribution in [2.45, 2.75) is 22.8 Å². The van der Waals surface area contributed by atoms with E-state index < -0.39 is 5.60 Å². The molecule has 0 amide bonds. The molecule has 1 heterocycles. The van der Waals surface area contributed by atoms with Crippen LogP contribution in [0, 0.1) is 0 Å². The zero-order valence-corrected chi connectivity index (χ0v) is 16.0. The summed E-state index contributed by atoms with van der Waals surface area (Å²) < 4.78 is 0. The Hall–Kier alpha value is -2.07. The highest BCUT2D eigenvalue weighted by Crippen LogP contribution is 2.46. The van der Waals surface area contributed by atoms with Crippen LogP contribution in [0.3, 0.4) is 0 Å². The lowest BCUT2D eigenvalue weighted by Gasteiger charge is -2.32. The first kappa shape index (κ1) is 17.3. The standard InChI is InChI=1S/C23H23NOS/c1-24(2)15-17-8-7-10-19(14-17)23(25)20-11-4-3-9-18(20)16-26-22-13-6-5-12-21(22)23/h3-14,25H,15-16H2,1-2H3. The van der Waals surface area contributed by atoms with Crippen LogP contribution < -0.4 is 0 Å². The molecule has 0 radical (unpaired) electrons. The summed E-state index contributed by atoms with van der Waals surface area (Å²) in [7, 11) is 4.13. The molecule has 2 nitrogen and oxygen atoms in total. The van der Waals surface area contributed by atoms with E-state index in [0.29, 0.717) is 0 Å². The Morgan fingerprint density at radius 3 is 2.46 bits per heavy atom. The van der Waals surface area contributed by atoms with E-state index >= 15 is 0 Å². The van der Waals surface area contributed by atoms with E-state index in [0.717, 1.165) is 33.9 Å². The number of aliphatic hydroxyl groups is 1. The lowest BCUT2D eigenvalue weighted by Crippen LogP contribution is -2.30. The number of fused-ring (bicyclic) bond motifs is 2. The summed E-state index contributed by atoms with van der Waals surface area (Å²) >= 11 is 1.80. The number of thioether (sulfide) groups is 1. The first-order valence-corrected chi connectivity index (χ1v) is 9.85. The molecule has 0 spiro atoms. The molecule has 132 valence electrons. The highest BCUT2D eigenvalue weighted by molar-refractivity contribution is 7.98. The van der Waals surface area contributed by atoms with Gasteiger partial charge in [-0.3, -0.25) is 0 Å². The first-order valence-electron chi connectivity index (χ1n) is 8.86. The molecule has 0 aliphatic carbocycles. The summed E-state index contributed by atoms with van der Waals surface area (Å²) in [6.45, 7) is 0.849. The topological polar surface area (TPSA) is 23.5 Å². The molecule has 1 N–H and O–H groups in total. The fourth-order valence-corrected chi connectivity index (χ4v) is 4.87. The lowest BCUT2D eigenvalue weighted by molar-refractivity contribution is 0.122. The molecule has 0 saturated heterocycles. The van der Waals surface area contributed by atoms with Crippen molar-refractivity contribution in [3.05, 3.63) is 101 Å². The summed E-state index contributed by atoms with van der Waals surface area (Å²) in [5.74, 6) is 0.868. The molecule has 1 aliphatic rings. The second kappa shape index (κ2) is 6.92. The van der Waals surface area contributed by atoms with Gasteiger partial charge in [-0.2, -0.15) is 0 Å². The van der Waals surface area contributed by atoms with Crippen LogP contribution in [-0.4, -0.2) is 24.1 Å². The van der Waals surface area contributed by atoms with E-state index in [9.17, 15) is 5.11 Å². The van der Waals surface area contributed by atoms with Crippen molar-refractivity contribution in [3.8, 4) is 0 Å². The predicted molar refractivity (Wildman–Crippen MR) is 108 cm³/mol. The van der Waals surface area contributed by atoms with Crippen LogP contribution in [0.15, 0.2) is 77.7 Å². The lowest BCUT2D eigenvalue weighted by atomic mass is 9.78. The Balaban J connectivity index is 1.97. The third kappa shape index (κ3) is 2.96. The number of hydrogen-bond acceptors (Lipinski definition) is 3. The molecule has 4 rings (SSSR count). The van der Waals surface area contributed by atoms with Crippen molar-refractivity contribution in [1.29, 1.82) is 0 Å². The molecular weight excluding hydrogens is 338 g/mol. The van der Waals surface area contributed by atoms with E-state index in [1.54, 1.807) is 11.8 Å². The number of hydrogen-bond donors (Lipinski definition) is 1. The summed E-state index contributed by atoms with van der Waals surface area (Å²) in [5.41, 5.74) is 4.14. The highest BCUT2D eigenvalue weighted by atomic mass is 32.2. The van der Waals surface area contributed by atoms with Crippen LogP contribution in [-0.2, 0) is 17.9 Å². The van der Waals surface area contributed by atoms with E-state index in [1.165, 1.54) is 11.1 Å². The van der Waals surface area contributed by atoms with Crippen molar-refractivity contribution >= 4 is 11.8 Å². The number of rotatable bonds is 3. The van der Waals surface area contributed by atoms with E-state index in [4.69, 9.17) is 0 Å². The molecule has 26 heavy (non-hydrogen) atoms. The molecule has 1 atom stereocenters. The Morgan fingerprint density at radius 1 is 0.923 bits per heavy atom. The molecule has 0 bridgehead atoms. The second-order valence-corrected chi connectivity index (χ2v) is 8.11. The normalized spacial score (nSPS) is 18.9. The van der Waals surface area contributed by atoms with Crippen molar-refractivity contribution < 1.29 is 5.11 Å². The SMILES string of the molecule is CN(C)Cc1cccc(C2(O)c3ccccc3CSc3ccccc32)c1. The molecule has 0 saturated carbocycles. The van der Waals surface area contributed by atoms with Gasteiger partial charge in [0.25, 0.3) is 0 Å². The third-order valence-electron chi connectivity index (χ3n) is 4.91. The van der Waals surface area contributed by atoms with E-state index in [1.807, 2.05) is 24.3 Å². The van der Waals surface area contributed by atoms with Gasteiger partial charge in [-0.05, 0) is 42.4 Å². The van der Waals surface area contributed by atoms with Crippen LogP contribution in [0.4, 0.5) is 0 Å². The van der Waals surface area contributed by atoms with Crippen LogP contribution in [0.25, 0.3) is 0 Å². The van der Waals surface area contributed by atoms with Gasteiger partial charge in [0, 0.05) is 22.8 Å². The van der Waals surface area contributed by atoms with Crippen LogP contribution >= 0.6 is 11.8 Å². The maximum absolute atomic E-state index is 12.2. The minimum Gasteiger partial charge on any atom is -0.376 e. The average Bonchev–Trinajstić information content (AvgIpc) is 2.78. The smallest absolute Gasteiger partial charge is 0.141 e. The Labute approximate surface area is 159 Å². The maximum atomic E-state index is 12.2. The summed E-state index contributed by atoms with van der Waals surface area (Å²) in [4.78, 5) is 3.29.